The number of carbonyl (C=O) groups is 2. The third-order valence-electron chi connectivity index (χ3n) is 5.42. The van der Waals surface area contributed by atoms with Gasteiger partial charge in [-0.05, 0) is 53.4 Å². The van der Waals surface area contributed by atoms with Crippen molar-refractivity contribution < 1.29 is 31.7 Å². The SMILES string of the molecule is COC(=O)C(Cc1ccc(NC(=O)c2ccccc2CC=Cc2ccc(OS(C)(=O)=O)cc2)cc1)OC. The first-order valence-electron chi connectivity index (χ1n) is 11.4. The Bertz CT molecular complexity index is 1350. The monoisotopic (exact) mass is 523 g/mol. The Morgan fingerprint density at radius 3 is 2.24 bits per heavy atom. The molecular weight excluding hydrogens is 494 g/mol. The Morgan fingerprint density at radius 1 is 0.946 bits per heavy atom. The van der Waals surface area contributed by atoms with E-state index in [1.54, 1.807) is 42.5 Å². The molecule has 0 aliphatic heterocycles. The number of ether oxygens (including phenoxy) is 2. The molecule has 194 valence electrons. The van der Waals surface area contributed by atoms with Crippen molar-refractivity contribution in [2.75, 3.05) is 25.8 Å². The van der Waals surface area contributed by atoms with Crippen molar-refractivity contribution >= 4 is 33.8 Å². The molecule has 0 saturated carbocycles. The van der Waals surface area contributed by atoms with Gasteiger partial charge >= 0.3 is 16.1 Å². The van der Waals surface area contributed by atoms with Crippen LogP contribution < -0.4 is 9.50 Å². The quantitative estimate of drug-likeness (QED) is 0.295. The van der Waals surface area contributed by atoms with Crippen molar-refractivity contribution in [1.82, 2.24) is 0 Å². The van der Waals surface area contributed by atoms with Crippen molar-refractivity contribution in [1.29, 1.82) is 0 Å². The summed E-state index contributed by atoms with van der Waals surface area (Å²) >= 11 is 0. The first-order valence-corrected chi connectivity index (χ1v) is 13.2. The molecule has 0 spiro atoms. The van der Waals surface area contributed by atoms with E-state index in [1.165, 1.54) is 14.2 Å². The van der Waals surface area contributed by atoms with E-state index in [0.29, 0.717) is 24.1 Å². The molecule has 0 fully saturated rings. The highest BCUT2D eigenvalue weighted by Crippen LogP contribution is 2.18. The van der Waals surface area contributed by atoms with Gasteiger partial charge in [0.1, 0.15) is 5.75 Å². The number of esters is 1. The summed E-state index contributed by atoms with van der Waals surface area (Å²) in [6.45, 7) is 0. The van der Waals surface area contributed by atoms with Crippen molar-refractivity contribution in [3.63, 3.8) is 0 Å². The Kier molecular flexibility index (Phi) is 9.59. The van der Waals surface area contributed by atoms with Crippen LogP contribution >= 0.6 is 0 Å². The number of allylic oxidation sites excluding steroid dienone is 1. The molecule has 1 amide bonds. The fourth-order valence-corrected chi connectivity index (χ4v) is 4.04. The molecule has 1 atom stereocenters. The van der Waals surface area contributed by atoms with E-state index < -0.39 is 22.2 Å². The molecule has 0 heterocycles. The topological polar surface area (TPSA) is 108 Å². The summed E-state index contributed by atoms with van der Waals surface area (Å²) in [5.74, 6) is -0.427. The van der Waals surface area contributed by atoms with Gasteiger partial charge in [-0.2, -0.15) is 8.42 Å². The Hall–Kier alpha value is -3.95. The van der Waals surface area contributed by atoms with Crippen molar-refractivity contribution in [2.45, 2.75) is 18.9 Å². The number of amides is 1. The van der Waals surface area contributed by atoms with Crippen molar-refractivity contribution in [2.24, 2.45) is 0 Å². The Labute approximate surface area is 217 Å². The van der Waals surface area contributed by atoms with Gasteiger partial charge in [0.2, 0.25) is 0 Å². The zero-order valence-corrected chi connectivity index (χ0v) is 21.7. The standard InChI is InChI=1S/C28H29NO7S/c1-34-26(28(31)35-2)19-21-11-15-23(16-12-21)29-27(30)25-10-5-4-8-22(25)9-6-7-20-13-17-24(18-14-20)36-37(3,32)33/h4-8,10-18,26H,9,19H2,1-3H3,(H,29,30). The molecule has 1 N–H and O–H groups in total. The minimum Gasteiger partial charge on any atom is -0.467 e. The summed E-state index contributed by atoms with van der Waals surface area (Å²) in [7, 11) is -0.799. The lowest BCUT2D eigenvalue weighted by Gasteiger charge is -2.13. The summed E-state index contributed by atoms with van der Waals surface area (Å²) in [6.07, 6.45) is 5.01. The molecular formula is C28H29NO7S. The number of anilines is 1. The van der Waals surface area contributed by atoms with Crippen LogP contribution in [0, 0.1) is 0 Å². The molecule has 8 nitrogen and oxygen atoms in total. The largest absolute Gasteiger partial charge is 0.467 e. The van der Waals surface area contributed by atoms with Gasteiger partial charge in [-0.1, -0.05) is 54.6 Å². The summed E-state index contributed by atoms with van der Waals surface area (Å²) in [5, 5.41) is 2.91. The van der Waals surface area contributed by atoms with Crippen LogP contribution in [0.2, 0.25) is 0 Å². The average Bonchev–Trinajstić information content (AvgIpc) is 2.88. The van der Waals surface area contributed by atoms with E-state index in [4.69, 9.17) is 13.7 Å². The van der Waals surface area contributed by atoms with Crippen LogP contribution in [0.25, 0.3) is 6.08 Å². The first-order chi connectivity index (χ1) is 17.7. The van der Waals surface area contributed by atoms with Gasteiger partial charge in [-0.25, -0.2) is 4.79 Å². The molecule has 0 bridgehead atoms. The molecule has 3 aromatic rings. The zero-order valence-electron chi connectivity index (χ0n) is 20.8. The molecule has 3 aromatic carbocycles. The van der Waals surface area contributed by atoms with Gasteiger partial charge in [0.05, 0.1) is 13.4 Å². The highest BCUT2D eigenvalue weighted by molar-refractivity contribution is 7.86. The number of nitrogens with one attached hydrogen (secondary N) is 1. The summed E-state index contributed by atoms with van der Waals surface area (Å²) in [6, 6.07) is 21.2. The number of methoxy groups -OCH3 is 2. The molecule has 37 heavy (non-hydrogen) atoms. The second-order valence-electron chi connectivity index (χ2n) is 8.22. The maximum Gasteiger partial charge on any atom is 0.335 e. The van der Waals surface area contributed by atoms with Crippen LogP contribution in [0.5, 0.6) is 5.75 Å². The number of benzene rings is 3. The molecule has 0 radical (unpaired) electrons. The second kappa shape index (κ2) is 12.8. The maximum atomic E-state index is 13.0. The van der Waals surface area contributed by atoms with Gasteiger partial charge in [0.15, 0.2) is 6.10 Å². The molecule has 0 aliphatic carbocycles. The maximum absolute atomic E-state index is 13.0. The van der Waals surface area contributed by atoms with Crippen molar-refractivity contribution in [3.05, 3.63) is 101 Å². The Morgan fingerprint density at radius 2 is 1.62 bits per heavy atom. The van der Waals surface area contributed by atoms with Crippen LogP contribution in [-0.2, 0) is 37.2 Å². The second-order valence-corrected chi connectivity index (χ2v) is 9.80. The highest BCUT2D eigenvalue weighted by atomic mass is 32.2. The lowest BCUT2D eigenvalue weighted by molar-refractivity contribution is -0.152. The van der Waals surface area contributed by atoms with Crippen molar-refractivity contribution in [3.8, 4) is 5.75 Å². The van der Waals surface area contributed by atoms with Crippen LogP contribution in [0.1, 0.15) is 27.0 Å². The number of hydrogen-bond donors (Lipinski definition) is 1. The third-order valence-corrected chi connectivity index (χ3v) is 5.91. The molecule has 9 heteroatoms. The molecule has 0 saturated heterocycles. The predicted molar refractivity (Wildman–Crippen MR) is 142 cm³/mol. The van der Waals surface area contributed by atoms with E-state index in [0.717, 1.165) is 22.9 Å². The lowest BCUT2D eigenvalue weighted by Crippen LogP contribution is -2.26. The summed E-state index contributed by atoms with van der Waals surface area (Å²) in [5.41, 5.74) is 3.77. The fraction of sp³-hybridized carbons (Fsp3) is 0.214. The molecule has 3 rings (SSSR count). The smallest absolute Gasteiger partial charge is 0.335 e. The van der Waals surface area contributed by atoms with Crippen LogP contribution in [-0.4, -0.2) is 46.9 Å². The van der Waals surface area contributed by atoms with E-state index in [-0.39, 0.29) is 11.7 Å². The highest BCUT2D eigenvalue weighted by Gasteiger charge is 2.19. The Balaban J connectivity index is 1.63. The number of rotatable bonds is 11. The van der Waals surface area contributed by atoms with Gasteiger partial charge in [-0.3, -0.25) is 4.79 Å². The average molecular weight is 524 g/mol. The number of hydrogen-bond acceptors (Lipinski definition) is 7. The zero-order chi connectivity index (χ0) is 26.8. The first kappa shape index (κ1) is 27.6. The fourth-order valence-electron chi connectivity index (χ4n) is 3.58. The molecule has 0 aliphatic rings. The minimum atomic E-state index is -3.57. The third kappa shape index (κ3) is 8.59. The molecule has 1 unspecified atom stereocenters. The van der Waals surface area contributed by atoms with Gasteiger partial charge in [0.25, 0.3) is 5.91 Å². The van der Waals surface area contributed by atoms with Crippen LogP contribution in [0.3, 0.4) is 0 Å². The lowest BCUT2D eigenvalue weighted by atomic mass is 10.0. The van der Waals surface area contributed by atoms with E-state index in [9.17, 15) is 18.0 Å². The van der Waals surface area contributed by atoms with Crippen LogP contribution in [0.15, 0.2) is 78.9 Å². The van der Waals surface area contributed by atoms with Gasteiger partial charge in [-0.15, -0.1) is 0 Å². The molecule has 0 aromatic heterocycles. The van der Waals surface area contributed by atoms with E-state index in [2.05, 4.69) is 5.32 Å². The van der Waals surface area contributed by atoms with Gasteiger partial charge < -0.3 is 19.0 Å². The van der Waals surface area contributed by atoms with E-state index >= 15 is 0 Å². The predicted octanol–water partition coefficient (Wildman–Crippen LogP) is 4.26. The van der Waals surface area contributed by atoms with Crippen LogP contribution in [0.4, 0.5) is 5.69 Å². The minimum absolute atomic E-state index is 0.233. The summed E-state index contributed by atoms with van der Waals surface area (Å²) < 4.78 is 37.2. The normalized spacial score (nSPS) is 12.2. The van der Waals surface area contributed by atoms with Gasteiger partial charge in [0, 0.05) is 24.8 Å². The van der Waals surface area contributed by atoms with E-state index in [1.807, 2.05) is 42.5 Å². The number of carbonyl (C=O) groups excluding carboxylic acids is 2. The summed E-state index contributed by atoms with van der Waals surface area (Å²) in [4.78, 5) is 24.7.